The van der Waals surface area contributed by atoms with E-state index in [1.807, 2.05) is 59.1 Å². The van der Waals surface area contributed by atoms with Crippen molar-refractivity contribution in [2.45, 2.75) is 19.4 Å². The second-order valence-corrected chi connectivity index (χ2v) is 5.09. The molecule has 3 aromatic rings. The zero-order chi connectivity index (χ0) is 15.9. The average Bonchev–Trinajstić information content (AvgIpc) is 3.01. The molecule has 2 aromatic heterocycles. The van der Waals surface area contributed by atoms with E-state index in [4.69, 9.17) is 4.74 Å². The fourth-order valence-corrected chi connectivity index (χ4v) is 2.22. The fraction of sp³-hybridized carbons (Fsp3) is 0.235. The van der Waals surface area contributed by atoms with Crippen molar-refractivity contribution in [1.82, 2.24) is 19.9 Å². The highest BCUT2D eigenvalue weighted by Gasteiger charge is 2.06. The van der Waals surface area contributed by atoms with E-state index in [2.05, 4.69) is 15.5 Å². The maximum atomic E-state index is 11.9. The van der Waals surface area contributed by atoms with Gasteiger partial charge >= 0.3 is 0 Å². The number of benzene rings is 1. The molecule has 0 saturated heterocycles. The van der Waals surface area contributed by atoms with Gasteiger partial charge in [-0.15, -0.1) is 10.2 Å². The Hall–Kier alpha value is -2.89. The molecule has 3 rings (SSSR count). The number of carbonyl (C=O) groups is 1. The summed E-state index contributed by atoms with van der Waals surface area (Å²) >= 11 is 0. The highest BCUT2D eigenvalue weighted by atomic mass is 16.5. The van der Waals surface area contributed by atoms with Gasteiger partial charge in [0.25, 0.3) is 0 Å². The largest absolute Gasteiger partial charge is 0.494 e. The molecule has 2 heterocycles. The van der Waals surface area contributed by atoms with Crippen LogP contribution in [0.2, 0.25) is 0 Å². The van der Waals surface area contributed by atoms with Gasteiger partial charge in [-0.2, -0.15) is 0 Å². The minimum Gasteiger partial charge on any atom is -0.494 e. The lowest BCUT2D eigenvalue weighted by Crippen LogP contribution is -2.24. The van der Waals surface area contributed by atoms with Crippen LogP contribution in [0.25, 0.3) is 5.65 Å². The van der Waals surface area contributed by atoms with Crippen LogP contribution >= 0.6 is 0 Å². The number of ether oxygens (including phenoxy) is 1. The predicted octanol–water partition coefficient (Wildman–Crippen LogP) is 2.20. The maximum absolute atomic E-state index is 11.9. The van der Waals surface area contributed by atoms with E-state index in [9.17, 15) is 4.79 Å². The number of nitrogens with one attached hydrogen (secondary N) is 1. The SMILES string of the molecule is O=C(CCCOc1ccccc1)NCc1nnc2ccccn12. The summed E-state index contributed by atoms with van der Waals surface area (Å²) in [6.45, 7) is 0.884. The first-order chi connectivity index (χ1) is 11.3. The maximum Gasteiger partial charge on any atom is 0.220 e. The van der Waals surface area contributed by atoms with Crippen molar-refractivity contribution >= 4 is 11.6 Å². The van der Waals surface area contributed by atoms with E-state index in [1.165, 1.54) is 0 Å². The van der Waals surface area contributed by atoms with Gasteiger partial charge in [0, 0.05) is 12.6 Å². The molecule has 1 N–H and O–H groups in total. The van der Waals surface area contributed by atoms with Crippen molar-refractivity contribution in [3.05, 3.63) is 60.6 Å². The van der Waals surface area contributed by atoms with Gasteiger partial charge in [0.1, 0.15) is 5.75 Å². The molecule has 0 fully saturated rings. The summed E-state index contributed by atoms with van der Waals surface area (Å²) in [4.78, 5) is 11.9. The Kier molecular flexibility index (Phi) is 4.83. The van der Waals surface area contributed by atoms with E-state index < -0.39 is 0 Å². The second-order valence-electron chi connectivity index (χ2n) is 5.09. The zero-order valence-electron chi connectivity index (χ0n) is 12.7. The molecule has 1 amide bonds. The lowest BCUT2D eigenvalue weighted by Gasteiger charge is -2.06. The summed E-state index contributed by atoms with van der Waals surface area (Å²) < 4.78 is 7.42. The molecule has 6 nitrogen and oxygen atoms in total. The van der Waals surface area contributed by atoms with E-state index in [-0.39, 0.29) is 5.91 Å². The van der Waals surface area contributed by atoms with E-state index in [0.717, 1.165) is 17.2 Å². The molecule has 0 aliphatic heterocycles. The van der Waals surface area contributed by atoms with Gasteiger partial charge < -0.3 is 10.1 Å². The lowest BCUT2D eigenvalue weighted by molar-refractivity contribution is -0.121. The number of aromatic nitrogens is 3. The van der Waals surface area contributed by atoms with Crippen molar-refractivity contribution in [2.75, 3.05) is 6.61 Å². The third-order valence-electron chi connectivity index (χ3n) is 3.39. The molecule has 0 atom stereocenters. The van der Waals surface area contributed by atoms with Gasteiger partial charge in [-0.1, -0.05) is 24.3 Å². The molecular formula is C17H18N4O2. The number of amides is 1. The number of hydrogen-bond donors (Lipinski definition) is 1. The Morgan fingerprint density at radius 2 is 1.91 bits per heavy atom. The first-order valence-electron chi connectivity index (χ1n) is 7.56. The molecular weight excluding hydrogens is 292 g/mol. The number of hydrogen-bond acceptors (Lipinski definition) is 4. The van der Waals surface area contributed by atoms with Crippen LogP contribution in [0.5, 0.6) is 5.75 Å². The van der Waals surface area contributed by atoms with E-state index >= 15 is 0 Å². The first-order valence-corrected chi connectivity index (χ1v) is 7.56. The van der Waals surface area contributed by atoms with Crippen LogP contribution in [0, 0.1) is 0 Å². The van der Waals surface area contributed by atoms with Gasteiger partial charge in [0.05, 0.1) is 13.2 Å². The van der Waals surface area contributed by atoms with Crippen molar-refractivity contribution in [3.63, 3.8) is 0 Å². The molecule has 0 aliphatic carbocycles. The Morgan fingerprint density at radius 3 is 2.78 bits per heavy atom. The van der Waals surface area contributed by atoms with E-state index in [1.54, 1.807) is 0 Å². The number of carbonyl (C=O) groups excluding carboxylic acids is 1. The average molecular weight is 310 g/mol. The number of pyridine rings is 1. The van der Waals surface area contributed by atoms with Crippen LogP contribution in [0.15, 0.2) is 54.7 Å². The quantitative estimate of drug-likeness (QED) is 0.679. The topological polar surface area (TPSA) is 68.5 Å². The van der Waals surface area contributed by atoms with Gasteiger partial charge in [-0.05, 0) is 30.7 Å². The Balaban J connectivity index is 1.40. The summed E-state index contributed by atoms with van der Waals surface area (Å²) in [6.07, 6.45) is 2.97. The van der Waals surface area contributed by atoms with Crippen LogP contribution in [0.3, 0.4) is 0 Å². The molecule has 118 valence electrons. The van der Waals surface area contributed by atoms with E-state index in [0.29, 0.717) is 26.0 Å². The first kappa shape index (κ1) is 15.0. The van der Waals surface area contributed by atoms with Crippen LogP contribution < -0.4 is 10.1 Å². The van der Waals surface area contributed by atoms with Gasteiger partial charge in [-0.25, -0.2) is 0 Å². The molecule has 0 radical (unpaired) electrons. The lowest BCUT2D eigenvalue weighted by atomic mass is 10.3. The molecule has 0 unspecified atom stereocenters. The monoisotopic (exact) mass is 310 g/mol. The van der Waals surface area contributed by atoms with Crippen LogP contribution in [0.4, 0.5) is 0 Å². The standard InChI is InChI=1S/C17H18N4O2/c22-17(10-6-12-23-14-7-2-1-3-8-14)18-13-16-20-19-15-9-4-5-11-21(15)16/h1-5,7-9,11H,6,10,12-13H2,(H,18,22). The van der Waals surface area contributed by atoms with Gasteiger partial charge in [0.15, 0.2) is 11.5 Å². The Labute approximate surface area is 134 Å². The molecule has 23 heavy (non-hydrogen) atoms. The minimum atomic E-state index is -0.0191. The molecule has 0 aliphatic rings. The van der Waals surface area contributed by atoms with Gasteiger partial charge in [0.2, 0.25) is 5.91 Å². The highest BCUT2D eigenvalue weighted by Crippen LogP contribution is 2.08. The van der Waals surface area contributed by atoms with Gasteiger partial charge in [-0.3, -0.25) is 9.20 Å². The zero-order valence-corrected chi connectivity index (χ0v) is 12.7. The number of para-hydroxylation sites is 1. The molecule has 1 aromatic carbocycles. The van der Waals surface area contributed by atoms with Crippen LogP contribution in [-0.2, 0) is 11.3 Å². The van der Waals surface area contributed by atoms with Crippen molar-refractivity contribution in [1.29, 1.82) is 0 Å². The fourth-order valence-electron chi connectivity index (χ4n) is 2.22. The highest BCUT2D eigenvalue weighted by molar-refractivity contribution is 5.75. The molecule has 6 heteroatoms. The smallest absolute Gasteiger partial charge is 0.220 e. The van der Waals surface area contributed by atoms with Crippen molar-refractivity contribution in [2.24, 2.45) is 0 Å². The third-order valence-corrected chi connectivity index (χ3v) is 3.39. The molecule has 0 saturated carbocycles. The Morgan fingerprint density at radius 1 is 1.09 bits per heavy atom. The normalized spacial score (nSPS) is 10.6. The summed E-state index contributed by atoms with van der Waals surface area (Å²) in [6, 6.07) is 15.3. The number of nitrogens with zero attached hydrogens (tertiary/aromatic N) is 3. The third kappa shape index (κ3) is 4.06. The Bertz CT molecular complexity index is 770. The van der Waals surface area contributed by atoms with Crippen molar-refractivity contribution in [3.8, 4) is 5.75 Å². The van der Waals surface area contributed by atoms with Crippen LogP contribution in [0.1, 0.15) is 18.7 Å². The predicted molar refractivity (Wildman–Crippen MR) is 86.0 cm³/mol. The number of rotatable bonds is 7. The van der Waals surface area contributed by atoms with Crippen molar-refractivity contribution < 1.29 is 9.53 Å². The number of fused-ring (bicyclic) bond motifs is 1. The summed E-state index contributed by atoms with van der Waals surface area (Å²) in [7, 11) is 0. The molecule has 0 bridgehead atoms. The summed E-state index contributed by atoms with van der Waals surface area (Å²) in [5, 5.41) is 11.0. The second kappa shape index (κ2) is 7.40. The molecule has 0 spiro atoms. The summed E-state index contributed by atoms with van der Waals surface area (Å²) in [5.41, 5.74) is 0.771. The summed E-state index contributed by atoms with van der Waals surface area (Å²) in [5.74, 6) is 1.52. The van der Waals surface area contributed by atoms with Crippen LogP contribution in [-0.4, -0.2) is 27.1 Å². The minimum absolute atomic E-state index is 0.0191.